The zero-order valence-corrected chi connectivity index (χ0v) is 11.5. The van der Waals surface area contributed by atoms with Crippen LogP contribution in [0, 0.1) is 0 Å². The Kier molecular flexibility index (Phi) is 5.59. The Bertz CT molecular complexity index is 297. The molecule has 0 aliphatic heterocycles. The van der Waals surface area contributed by atoms with E-state index >= 15 is 0 Å². The first-order valence-corrected chi connectivity index (χ1v) is 6.73. The van der Waals surface area contributed by atoms with Gasteiger partial charge in [0.15, 0.2) is 0 Å². The monoisotopic (exact) mass is 255 g/mol. The molecule has 5 heteroatoms. The molecule has 0 radical (unpaired) electrons. The van der Waals surface area contributed by atoms with Gasteiger partial charge in [0.1, 0.15) is 0 Å². The number of carbonyl (C=O) groups is 2. The molecule has 1 saturated carbocycles. The molecule has 0 spiro atoms. The van der Waals surface area contributed by atoms with Gasteiger partial charge in [0.25, 0.3) is 0 Å². The van der Waals surface area contributed by atoms with E-state index in [1.165, 1.54) is 6.42 Å². The van der Waals surface area contributed by atoms with E-state index in [2.05, 4.69) is 5.32 Å². The summed E-state index contributed by atoms with van der Waals surface area (Å²) in [6.45, 7) is 0.525. The van der Waals surface area contributed by atoms with Gasteiger partial charge in [-0.15, -0.1) is 0 Å². The largest absolute Gasteiger partial charge is 0.354 e. The number of hydrogen-bond acceptors (Lipinski definition) is 3. The molecule has 5 nitrogen and oxygen atoms in total. The van der Waals surface area contributed by atoms with Crippen molar-refractivity contribution in [1.29, 1.82) is 0 Å². The number of amides is 2. The Balaban J connectivity index is 2.22. The van der Waals surface area contributed by atoms with E-state index in [1.807, 2.05) is 0 Å². The van der Waals surface area contributed by atoms with Gasteiger partial charge in [-0.2, -0.15) is 0 Å². The Morgan fingerprint density at radius 1 is 1.22 bits per heavy atom. The fourth-order valence-electron chi connectivity index (χ4n) is 2.25. The number of hydrogen-bond donors (Lipinski definition) is 2. The van der Waals surface area contributed by atoms with Crippen LogP contribution in [-0.4, -0.2) is 42.9 Å². The van der Waals surface area contributed by atoms with Crippen molar-refractivity contribution in [2.45, 2.75) is 50.5 Å². The van der Waals surface area contributed by atoms with Crippen LogP contribution >= 0.6 is 0 Å². The third-order valence-corrected chi connectivity index (χ3v) is 3.55. The van der Waals surface area contributed by atoms with Crippen LogP contribution < -0.4 is 11.1 Å². The van der Waals surface area contributed by atoms with Gasteiger partial charge in [-0.05, 0) is 19.3 Å². The minimum absolute atomic E-state index is 0.0560. The third kappa shape index (κ3) is 4.29. The highest BCUT2D eigenvalue weighted by Gasteiger charge is 2.34. The van der Waals surface area contributed by atoms with Crippen LogP contribution in [0.25, 0.3) is 0 Å². The molecule has 0 aromatic heterocycles. The van der Waals surface area contributed by atoms with E-state index < -0.39 is 5.54 Å². The summed E-state index contributed by atoms with van der Waals surface area (Å²) in [5, 5.41) is 2.85. The van der Waals surface area contributed by atoms with Crippen LogP contribution in [0.3, 0.4) is 0 Å². The quantitative estimate of drug-likeness (QED) is 0.708. The fourth-order valence-corrected chi connectivity index (χ4v) is 2.25. The molecule has 1 aliphatic rings. The molecule has 0 aromatic rings. The standard InChI is InChI=1S/C13H25N3O2/c1-16(2)11(17)7-6-10-15-12(18)13(14)8-4-3-5-9-13/h3-10,14H2,1-2H3,(H,15,18). The Labute approximate surface area is 109 Å². The van der Waals surface area contributed by atoms with Crippen molar-refractivity contribution in [3.05, 3.63) is 0 Å². The second-order valence-electron chi connectivity index (χ2n) is 5.36. The summed E-state index contributed by atoms with van der Waals surface area (Å²) < 4.78 is 0. The van der Waals surface area contributed by atoms with E-state index in [0.717, 1.165) is 25.7 Å². The Morgan fingerprint density at radius 3 is 2.39 bits per heavy atom. The van der Waals surface area contributed by atoms with Crippen molar-refractivity contribution in [1.82, 2.24) is 10.2 Å². The summed E-state index contributed by atoms with van der Waals surface area (Å²) >= 11 is 0. The van der Waals surface area contributed by atoms with Crippen LogP contribution in [0.1, 0.15) is 44.9 Å². The maximum atomic E-state index is 12.0. The number of nitrogens with two attached hydrogens (primary N) is 1. The topological polar surface area (TPSA) is 75.4 Å². The molecule has 0 aromatic carbocycles. The second kappa shape index (κ2) is 6.73. The van der Waals surface area contributed by atoms with E-state index in [0.29, 0.717) is 19.4 Å². The van der Waals surface area contributed by atoms with Gasteiger partial charge in [0, 0.05) is 27.1 Å². The van der Waals surface area contributed by atoms with Crippen LogP contribution in [0.5, 0.6) is 0 Å². The Hall–Kier alpha value is -1.10. The van der Waals surface area contributed by atoms with Crippen LogP contribution in [0.15, 0.2) is 0 Å². The zero-order chi connectivity index (χ0) is 13.6. The molecule has 0 saturated heterocycles. The minimum atomic E-state index is -0.677. The van der Waals surface area contributed by atoms with E-state index in [1.54, 1.807) is 19.0 Å². The zero-order valence-electron chi connectivity index (χ0n) is 11.5. The first-order chi connectivity index (χ1) is 8.46. The first kappa shape index (κ1) is 15.0. The smallest absolute Gasteiger partial charge is 0.240 e. The minimum Gasteiger partial charge on any atom is -0.354 e. The molecule has 0 atom stereocenters. The normalized spacial score (nSPS) is 18.2. The Morgan fingerprint density at radius 2 is 1.83 bits per heavy atom. The summed E-state index contributed by atoms with van der Waals surface area (Å²) in [4.78, 5) is 24.9. The molecule has 0 bridgehead atoms. The molecule has 0 unspecified atom stereocenters. The molecular weight excluding hydrogens is 230 g/mol. The summed E-state index contributed by atoms with van der Waals surface area (Å²) in [6.07, 6.45) is 5.91. The fraction of sp³-hybridized carbons (Fsp3) is 0.846. The highest BCUT2D eigenvalue weighted by atomic mass is 16.2. The predicted molar refractivity (Wildman–Crippen MR) is 70.9 cm³/mol. The van der Waals surface area contributed by atoms with Gasteiger partial charge in [-0.3, -0.25) is 9.59 Å². The van der Waals surface area contributed by atoms with Gasteiger partial charge in [0.2, 0.25) is 11.8 Å². The summed E-state index contributed by atoms with van der Waals surface area (Å²) in [6, 6.07) is 0. The van der Waals surface area contributed by atoms with Crippen molar-refractivity contribution in [2.75, 3.05) is 20.6 Å². The maximum absolute atomic E-state index is 12.0. The molecule has 1 rings (SSSR count). The van der Waals surface area contributed by atoms with Crippen molar-refractivity contribution >= 4 is 11.8 Å². The maximum Gasteiger partial charge on any atom is 0.240 e. The van der Waals surface area contributed by atoms with E-state index in [4.69, 9.17) is 5.73 Å². The number of rotatable bonds is 5. The summed E-state index contributed by atoms with van der Waals surface area (Å²) in [5.41, 5.74) is 5.43. The first-order valence-electron chi connectivity index (χ1n) is 6.73. The van der Waals surface area contributed by atoms with Gasteiger partial charge in [-0.25, -0.2) is 0 Å². The van der Waals surface area contributed by atoms with Gasteiger partial charge in [-0.1, -0.05) is 19.3 Å². The van der Waals surface area contributed by atoms with E-state index in [-0.39, 0.29) is 11.8 Å². The van der Waals surface area contributed by atoms with Crippen molar-refractivity contribution in [3.8, 4) is 0 Å². The van der Waals surface area contributed by atoms with Gasteiger partial charge in [0.05, 0.1) is 5.54 Å². The predicted octanol–water partition coefficient (Wildman–Crippen LogP) is 0.633. The number of carbonyl (C=O) groups excluding carboxylic acids is 2. The summed E-state index contributed by atoms with van der Waals surface area (Å²) in [7, 11) is 3.47. The third-order valence-electron chi connectivity index (χ3n) is 3.55. The highest BCUT2D eigenvalue weighted by Crippen LogP contribution is 2.25. The highest BCUT2D eigenvalue weighted by molar-refractivity contribution is 5.86. The van der Waals surface area contributed by atoms with Gasteiger partial charge >= 0.3 is 0 Å². The molecule has 1 aliphatic carbocycles. The molecule has 104 valence electrons. The lowest BCUT2D eigenvalue weighted by Gasteiger charge is -2.31. The van der Waals surface area contributed by atoms with E-state index in [9.17, 15) is 9.59 Å². The van der Waals surface area contributed by atoms with Crippen LogP contribution in [0.4, 0.5) is 0 Å². The molecule has 3 N–H and O–H groups in total. The average molecular weight is 255 g/mol. The SMILES string of the molecule is CN(C)C(=O)CCCNC(=O)C1(N)CCCCC1. The van der Waals surface area contributed by atoms with Crippen molar-refractivity contribution in [2.24, 2.45) is 5.73 Å². The van der Waals surface area contributed by atoms with Crippen LogP contribution in [-0.2, 0) is 9.59 Å². The average Bonchev–Trinajstić information content (AvgIpc) is 2.34. The second-order valence-corrected chi connectivity index (χ2v) is 5.36. The molecule has 1 fully saturated rings. The van der Waals surface area contributed by atoms with Crippen LogP contribution in [0.2, 0.25) is 0 Å². The van der Waals surface area contributed by atoms with Crippen molar-refractivity contribution < 1.29 is 9.59 Å². The molecular formula is C13H25N3O2. The number of nitrogens with zero attached hydrogens (tertiary/aromatic N) is 1. The number of nitrogens with one attached hydrogen (secondary N) is 1. The lowest BCUT2D eigenvalue weighted by Crippen LogP contribution is -2.55. The molecule has 0 heterocycles. The molecule has 18 heavy (non-hydrogen) atoms. The summed E-state index contributed by atoms with van der Waals surface area (Å²) in [5.74, 6) is 0.0314. The lowest BCUT2D eigenvalue weighted by molar-refractivity contribution is -0.130. The molecule has 2 amide bonds. The van der Waals surface area contributed by atoms with Gasteiger partial charge < -0.3 is 16.0 Å². The lowest BCUT2D eigenvalue weighted by atomic mass is 9.82. The van der Waals surface area contributed by atoms with Crippen molar-refractivity contribution in [3.63, 3.8) is 0 Å².